The van der Waals surface area contributed by atoms with Gasteiger partial charge in [-0.15, -0.1) is 0 Å². The van der Waals surface area contributed by atoms with Crippen molar-refractivity contribution in [1.29, 1.82) is 0 Å². The highest BCUT2D eigenvalue weighted by atomic mass is 16.6. The van der Waals surface area contributed by atoms with Crippen LogP contribution in [0.4, 0.5) is 0 Å². The summed E-state index contributed by atoms with van der Waals surface area (Å²) >= 11 is 0. The van der Waals surface area contributed by atoms with Crippen molar-refractivity contribution in [2.75, 3.05) is 13.2 Å². The van der Waals surface area contributed by atoms with Crippen LogP contribution in [0.25, 0.3) is 0 Å². The van der Waals surface area contributed by atoms with Crippen LogP contribution in [0.2, 0.25) is 0 Å². The van der Waals surface area contributed by atoms with Crippen molar-refractivity contribution in [3.05, 3.63) is 170 Å². The van der Waals surface area contributed by atoms with Crippen molar-refractivity contribution in [3.8, 4) is 0 Å². The Morgan fingerprint density at radius 2 is 0.621 bits per heavy atom. The first-order valence-corrected chi connectivity index (χ1v) is 25.7. The SMILES string of the molecule is CC/C=C\C/C=C\C/C=C\C/C=C\C/C=C\C/C=C\C/C=C\C/C=C\C/C=C\CCCC(=O)OC(CO)COC(=O)CCCCCCCCC/C=C\C/C=C\C/C=C\C/C=C\C/C=C\CC. The van der Waals surface area contributed by atoms with Gasteiger partial charge in [-0.25, -0.2) is 0 Å². The smallest absolute Gasteiger partial charge is 0.306 e. The average Bonchev–Trinajstić information content (AvgIpc) is 3.32. The van der Waals surface area contributed by atoms with Gasteiger partial charge in [0.2, 0.25) is 0 Å². The Balaban J connectivity index is 3.73. The molecule has 366 valence electrons. The second kappa shape index (κ2) is 54.6. The van der Waals surface area contributed by atoms with E-state index in [1.54, 1.807) is 0 Å². The lowest BCUT2D eigenvalue weighted by Gasteiger charge is -2.15. The molecule has 0 aliphatic carbocycles. The molecule has 1 N–H and O–H groups in total. The third-order valence-corrected chi connectivity index (χ3v) is 10.0. The van der Waals surface area contributed by atoms with Gasteiger partial charge in [0.05, 0.1) is 6.61 Å². The second-order valence-corrected chi connectivity index (χ2v) is 16.1. The number of ether oxygens (including phenoxy) is 2. The van der Waals surface area contributed by atoms with Gasteiger partial charge in [-0.2, -0.15) is 0 Å². The summed E-state index contributed by atoms with van der Waals surface area (Å²) in [6, 6.07) is 0. The lowest BCUT2D eigenvalue weighted by Crippen LogP contribution is -2.28. The Hall–Kier alpha value is -4.74. The monoisotopic (exact) mass is 905 g/mol. The Morgan fingerprint density at radius 3 is 0.955 bits per heavy atom. The molecule has 0 aliphatic rings. The standard InChI is InChI=1S/C61H92O5/c1-3-5-7-9-11-13-15-17-19-21-23-25-27-28-29-30-31-32-34-36-38-40-42-44-46-48-50-52-54-56-61(64)66-59(57-62)58-65-60(63)55-53-51-49-47-45-43-41-39-37-35-33-26-24-22-20-18-16-14-12-10-8-6-4-2/h5-8,11-14,17-20,23-26,28-29,31-32,35-38,42,44,48,50,59,62H,3-4,9-10,15-16,21-22,27,30,33-34,39-41,43,45-47,49,51-58H2,1-2H3/b7-5-,8-6-,13-11-,14-12-,19-17-,20-18-,25-23-,26-24-,29-28-,32-31-,37-35-,38-36-,44-42-,50-48-. The number of aliphatic hydroxyl groups excluding tert-OH is 1. The van der Waals surface area contributed by atoms with Crippen molar-refractivity contribution in [2.45, 2.75) is 187 Å². The molecule has 0 aromatic carbocycles. The molecule has 0 fully saturated rings. The summed E-state index contributed by atoms with van der Waals surface area (Å²) in [4.78, 5) is 24.4. The Bertz CT molecular complexity index is 1540. The normalized spacial score (nSPS) is 13.7. The second-order valence-electron chi connectivity index (χ2n) is 16.1. The number of allylic oxidation sites excluding steroid dienone is 28. The molecule has 0 rings (SSSR count). The number of unbranched alkanes of at least 4 members (excludes halogenated alkanes) is 8. The molecular weight excluding hydrogens is 813 g/mol. The van der Waals surface area contributed by atoms with Gasteiger partial charge < -0.3 is 14.6 Å². The molecule has 5 nitrogen and oxygen atoms in total. The summed E-state index contributed by atoms with van der Waals surface area (Å²) in [5.41, 5.74) is 0. The first-order valence-electron chi connectivity index (χ1n) is 25.7. The quantitative estimate of drug-likeness (QED) is 0.0375. The lowest BCUT2D eigenvalue weighted by molar-refractivity contribution is -0.161. The molecule has 0 spiro atoms. The van der Waals surface area contributed by atoms with E-state index in [1.165, 1.54) is 25.7 Å². The number of carbonyl (C=O) groups excluding carboxylic acids is 2. The summed E-state index contributed by atoms with van der Waals surface area (Å²) in [6.07, 6.45) is 85.8. The zero-order chi connectivity index (χ0) is 47.7. The predicted molar refractivity (Wildman–Crippen MR) is 287 cm³/mol. The fourth-order valence-corrected chi connectivity index (χ4v) is 6.23. The molecule has 0 aliphatic heterocycles. The third kappa shape index (κ3) is 51.9. The van der Waals surface area contributed by atoms with E-state index in [4.69, 9.17) is 9.47 Å². The maximum atomic E-state index is 12.3. The van der Waals surface area contributed by atoms with Crippen LogP contribution >= 0.6 is 0 Å². The van der Waals surface area contributed by atoms with E-state index in [0.29, 0.717) is 12.8 Å². The van der Waals surface area contributed by atoms with Crippen molar-refractivity contribution < 1.29 is 24.2 Å². The summed E-state index contributed by atoms with van der Waals surface area (Å²) in [5.74, 6) is -0.690. The van der Waals surface area contributed by atoms with Gasteiger partial charge in [0.25, 0.3) is 0 Å². The highest BCUT2D eigenvalue weighted by Gasteiger charge is 2.16. The highest BCUT2D eigenvalue weighted by Crippen LogP contribution is 2.11. The number of aliphatic hydroxyl groups is 1. The fraction of sp³-hybridized carbons (Fsp3) is 0.508. The van der Waals surface area contributed by atoms with E-state index in [9.17, 15) is 14.7 Å². The van der Waals surface area contributed by atoms with Gasteiger partial charge in [0.15, 0.2) is 6.10 Å². The van der Waals surface area contributed by atoms with Gasteiger partial charge in [0, 0.05) is 12.8 Å². The highest BCUT2D eigenvalue weighted by molar-refractivity contribution is 5.70. The molecule has 0 aromatic heterocycles. The minimum absolute atomic E-state index is 0.108. The zero-order valence-corrected chi connectivity index (χ0v) is 41.6. The average molecular weight is 905 g/mol. The third-order valence-electron chi connectivity index (χ3n) is 10.0. The topological polar surface area (TPSA) is 72.8 Å². The number of carbonyl (C=O) groups is 2. The van der Waals surface area contributed by atoms with Crippen LogP contribution in [0.5, 0.6) is 0 Å². The molecule has 5 heteroatoms. The maximum Gasteiger partial charge on any atom is 0.306 e. The minimum atomic E-state index is -0.823. The number of hydrogen-bond donors (Lipinski definition) is 1. The molecule has 0 aromatic rings. The van der Waals surface area contributed by atoms with Gasteiger partial charge in [-0.1, -0.05) is 216 Å². The van der Waals surface area contributed by atoms with Crippen LogP contribution in [-0.2, 0) is 19.1 Å². The van der Waals surface area contributed by atoms with Crippen molar-refractivity contribution >= 4 is 11.9 Å². The van der Waals surface area contributed by atoms with E-state index in [0.717, 1.165) is 122 Å². The Kier molecular flexibility index (Phi) is 50.7. The number of esters is 2. The molecule has 66 heavy (non-hydrogen) atoms. The van der Waals surface area contributed by atoms with Crippen LogP contribution in [0.15, 0.2) is 170 Å². The Morgan fingerprint density at radius 1 is 0.348 bits per heavy atom. The van der Waals surface area contributed by atoms with E-state index >= 15 is 0 Å². The summed E-state index contributed by atoms with van der Waals surface area (Å²) < 4.78 is 10.6. The lowest BCUT2D eigenvalue weighted by atomic mass is 10.1. The zero-order valence-electron chi connectivity index (χ0n) is 41.6. The molecular formula is C61H92O5. The number of rotatable bonds is 44. The van der Waals surface area contributed by atoms with Crippen LogP contribution in [-0.4, -0.2) is 36.4 Å². The molecule has 0 heterocycles. The molecule has 0 amide bonds. The van der Waals surface area contributed by atoms with Gasteiger partial charge in [-0.3, -0.25) is 9.59 Å². The summed E-state index contributed by atoms with van der Waals surface area (Å²) in [7, 11) is 0. The van der Waals surface area contributed by atoms with Gasteiger partial charge in [-0.05, 0) is 122 Å². The van der Waals surface area contributed by atoms with Gasteiger partial charge >= 0.3 is 11.9 Å². The first-order chi connectivity index (χ1) is 32.6. The van der Waals surface area contributed by atoms with E-state index in [1.807, 2.05) is 0 Å². The van der Waals surface area contributed by atoms with E-state index in [-0.39, 0.29) is 31.6 Å². The predicted octanol–water partition coefficient (Wildman–Crippen LogP) is 17.4. The first kappa shape index (κ1) is 61.3. The Labute approximate surface area is 404 Å². The van der Waals surface area contributed by atoms with Gasteiger partial charge in [0.1, 0.15) is 6.61 Å². The van der Waals surface area contributed by atoms with Crippen LogP contribution in [0, 0.1) is 0 Å². The molecule has 0 radical (unpaired) electrons. The minimum Gasteiger partial charge on any atom is -0.462 e. The van der Waals surface area contributed by atoms with Crippen LogP contribution in [0.3, 0.4) is 0 Å². The maximum absolute atomic E-state index is 12.3. The molecule has 1 unspecified atom stereocenters. The molecule has 0 bridgehead atoms. The fourth-order valence-electron chi connectivity index (χ4n) is 6.23. The molecule has 1 atom stereocenters. The molecule has 0 saturated heterocycles. The summed E-state index contributed by atoms with van der Waals surface area (Å²) in [6.45, 7) is 3.84. The van der Waals surface area contributed by atoms with Crippen LogP contribution in [0.1, 0.15) is 181 Å². The van der Waals surface area contributed by atoms with Crippen molar-refractivity contribution in [2.24, 2.45) is 0 Å². The van der Waals surface area contributed by atoms with Crippen molar-refractivity contribution in [1.82, 2.24) is 0 Å². The summed E-state index contributed by atoms with van der Waals surface area (Å²) in [5, 5.41) is 9.62. The van der Waals surface area contributed by atoms with Crippen molar-refractivity contribution in [3.63, 3.8) is 0 Å². The van der Waals surface area contributed by atoms with E-state index in [2.05, 4.69) is 184 Å². The largest absolute Gasteiger partial charge is 0.462 e. The van der Waals surface area contributed by atoms with E-state index < -0.39 is 6.10 Å². The number of hydrogen-bond acceptors (Lipinski definition) is 5. The van der Waals surface area contributed by atoms with Crippen LogP contribution < -0.4 is 0 Å². The molecule has 0 saturated carbocycles.